The molecule has 142 valence electrons. The number of nitrogens with zero attached hydrogens (tertiary/aromatic N) is 4. The van der Waals surface area contributed by atoms with E-state index in [1.165, 1.54) is 22.2 Å². The van der Waals surface area contributed by atoms with Crippen molar-refractivity contribution in [2.45, 2.75) is 26.9 Å². The Morgan fingerprint density at radius 2 is 2.00 bits per heavy atom. The smallest absolute Gasteiger partial charge is 0.263 e. The molecule has 0 saturated heterocycles. The minimum Gasteiger partial charge on any atom is -0.309 e. The third-order valence-electron chi connectivity index (χ3n) is 4.52. The van der Waals surface area contributed by atoms with Crippen LogP contribution in [0, 0.1) is 6.92 Å². The summed E-state index contributed by atoms with van der Waals surface area (Å²) in [6, 6.07) is 9.73. The zero-order chi connectivity index (χ0) is 19.7. The number of carbonyl (C=O) groups is 1. The minimum atomic E-state index is -0.300. The lowest BCUT2D eigenvalue weighted by molar-refractivity contribution is -0.116. The van der Waals surface area contributed by atoms with Crippen molar-refractivity contribution < 1.29 is 4.79 Å². The molecule has 0 bridgehead atoms. The molecule has 1 aromatic carbocycles. The van der Waals surface area contributed by atoms with Gasteiger partial charge in [0.15, 0.2) is 0 Å². The maximum atomic E-state index is 13.0. The molecule has 3 aromatic heterocycles. The summed E-state index contributed by atoms with van der Waals surface area (Å²) in [6.45, 7) is 4.49. The van der Waals surface area contributed by atoms with Crippen molar-refractivity contribution in [2.75, 3.05) is 5.32 Å². The van der Waals surface area contributed by atoms with Gasteiger partial charge >= 0.3 is 0 Å². The van der Waals surface area contributed by atoms with E-state index in [2.05, 4.69) is 15.4 Å². The number of carbonyl (C=O) groups excluding carboxylic acids is 1. The molecule has 0 atom stereocenters. The average molecular weight is 393 g/mol. The molecular weight excluding hydrogens is 374 g/mol. The van der Waals surface area contributed by atoms with E-state index in [0.29, 0.717) is 22.6 Å². The number of aromatic nitrogens is 4. The van der Waals surface area contributed by atoms with Gasteiger partial charge in [-0.3, -0.25) is 14.2 Å². The van der Waals surface area contributed by atoms with Crippen LogP contribution in [0.15, 0.2) is 53.0 Å². The summed E-state index contributed by atoms with van der Waals surface area (Å²) in [6.07, 6.45) is 3.05. The quantitative estimate of drug-likeness (QED) is 0.564. The van der Waals surface area contributed by atoms with E-state index in [1.807, 2.05) is 43.5 Å². The van der Waals surface area contributed by atoms with Crippen LogP contribution in [0.3, 0.4) is 0 Å². The molecule has 7 nitrogen and oxygen atoms in total. The summed E-state index contributed by atoms with van der Waals surface area (Å²) >= 11 is 1.43. The van der Waals surface area contributed by atoms with Gasteiger partial charge < -0.3 is 5.32 Å². The zero-order valence-corrected chi connectivity index (χ0v) is 16.4. The normalized spacial score (nSPS) is 11.1. The molecule has 4 rings (SSSR count). The van der Waals surface area contributed by atoms with Crippen molar-refractivity contribution in [3.05, 3.63) is 64.2 Å². The number of hydrogen-bond donors (Lipinski definition) is 1. The van der Waals surface area contributed by atoms with Gasteiger partial charge in [-0.1, -0.05) is 29.8 Å². The fraction of sp³-hybridized carbons (Fsp3) is 0.200. The van der Waals surface area contributed by atoms with Crippen LogP contribution in [0.4, 0.5) is 5.82 Å². The first kappa shape index (κ1) is 18.1. The van der Waals surface area contributed by atoms with Crippen LogP contribution in [0.1, 0.15) is 12.5 Å². The van der Waals surface area contributed by atoms with Crippen molar-refractivity contribution in [1.82, 2.24) is 19.3 Å². The molecule has 0 unspecified atom stereocenters. The van der Waals surface area contributed by atoms with E-state index < -0.39 is 0 Å². The van der Waals surface area contributed by atoms with Gasteiger partial charge in [0.1, 0.15) is 17.2 Å². The third-order valence-corrected chi connectivity index (χ3v) is 5.41. The van der Waals surface area contributed by atoms with Crippen molar-refractivity contribution in [2.24, 2.45) is 0 Å². The fourth-order valence-electron chi connectivity index (χ4n) is 3.05. The number of aryl methyl sites for hydroxylation is 2. The number of hydrogen-bond acceptors (Lipinski definition) is 5. The first-order chi connectivity index (χ1) is 13.6. The Bertz CT molecular complexity index is 1200. The van der Waals surface area contributed by atoms with Crippen LogP contribution in [0.2, 0.25) is 0 Å². The highest BCUT2D eigenvalue weighted by molar-refractivity contribution is 7.17. The molecular formula is C20H19N5O2S. The van der Waals surface area contributed by atoms with Crippen molar-refractivity contribution in [3.8, 4) is 11.1 Å². The van der Waals surface area contributed by atoms with Gasteiger partial charge in [0, 0.05) is 23.6 Å². The highest BCUT2D eigenvalue weighted by atomic mass is 32.1. The van der Waals surface area contributed by atoms with E-state index in [4.69, 9.17) is 0 Å². The van der Waals surface area contributed by atoms with E-state index in [1.54, 1.807) is 16.9 Å². The average Bonchev–Trinajstić information content (AvgIpc) is 3.31. The van der Waals surface area contributed by atoms with Crippen molar-refractivity contribution >= 4 is 33.3 Å². The van der Waals surface area contributed by atoms with Gasteiger partial charge in [-0.15, -0.1) is 11.3 Å². The first-order valence-electron chi connectivity index (χ1n) is 8.92. The third kappa shape index (κ3) is 3.34. The largest absolute Gasteiger partial charge is 0.309 e. The molecule has 0 fully saturated rings. The van der Waals surface area contributed by atoms with Gasteiger partial charge in [-0.25, -0.2) is 9.67 Å². The molecule has 0 radical (unpaired) electrons. The maximum Gasteiger partial charge on any atom is 0.263 e. The summed E-state index contributed by atoms with van der Waals surface area (Å²) in [5, 5.41) is 9.39. The second-order valence-electron chi connectivity index (χ2n) is 6.45. The lowest BCUT2D eigenvalue weighted by Gasteiger charge is -2.09. The predicted octanol–water partition coefficient (Wildman–Crippen LogP) is 3.29. The Morgan fingerprint density at radius 1 is 1.21 bits per heavy atom. The highest BCUT2D eigenvalue weighted by Gasteiger charge is 2.15. The topological polar surface area (TPSA) is 81.8 Å². The van der Waals surface area contributed by atoms with E-state index in [0.717, 1.165) is 16.7 Å². The number of rotatable bonds is 5. The van der Waals surface area contributed by atoms with Crippen molar-refractivity contribution in [1.29, 1.82) is 0 Å². The molecule has 1 N–H and O–H groups in total. The van der Waals surface area contributed by atoms with Gasteiger partial charge in [0.25, 0.3) is 5.56 Å². The number of anilines is 1. The van der Waals surface area contributed by atoms with Crippen LogP contribution < -0.4 is 10.9 Å². The lowest BCUT2D eigenvalue weighted by atomic mass is 10.1. The summed E-state index contributed by atoms with van der Waals surface area (Å²) < 4.78 is 3.02. The SMILES string of the molecule is CCn1nccc1NC(=O)Cn1cnc2scc(-c3ccc(C)cc3)c2c1=O. The molecule has 8 heteroatoms. The summed E-state index contributed by atoms with van der Waals surface area (Å²) in [5.41, 5.74) is 2.74. The summed E-state index contributed by atoms with van der Waals surface area (Å²) in [5.74, 6) is 0.302. The van der Waals surface area contributed by atoms with E-state index in [9.17, 15) is 9.59 Å². The second-order valence-corrected chi connectivity index (χ2v) is 7.31. The Morgan fingerprint density at radius 3 is 2.75 bits per heavy atom. The molecule has 0 aliphatic carbocycles. The van der Waals surface area contributed by atoms with Gasteiger partial charge in [-0.2, -0.15) is 5.10 Å². The number of amides is 1. The van der Waals surface area contributed by atoms with E-state index in [-0.39, 0.29) is 18.0 Å². The molecule has 4 aromatic rings. The first-order valence-corrected chi connectivity index (χ1v) is 9.80. The van der Waals surface area contributed by atoms with Crippen LogP contribution in [-0.2, 0) is 17.9 Å². The molecule has 0 aliphatic rings. The summed E-state index contributed by atoms with van der Waals surface area (Å²) in [4.78, 5) is 30.5. The molecule has 0 saturated carbocycles. The zero-order valence-electron chi connectivity index (χ0n) is 15.5. The molecule has 3 heterocycles. The fourth-order valence-corrected chi connectivity index (χ4v) is 3.96. The monoisotopic (exact) mass is 393 g/mol. The standard InChI is InChI=1S/C20H19N5O2S/c1-3-25-16(8-9-22-25)23-17(26)10-24-12-21-19-18(20(24)27)15(11-28-19)14-6-4-13(2)5-7-14/h4-9,11-12H,3,10H2,1-2H3,(H,23,26). The molecule has 0 aliphatic heterocycles. The van der Waals surface area contributed by atoms with E-state index >= 15 is 0 Å². The number of nitrogens with one attached hydrogen (secondary N) is 1. The maximum absolute atomic E-state index is 13.0. The van der Waals surface area contributed by atoms with Crippen molar-refractivity contribution in [3.63, 3.8) is 0 Å². The van der Waals surface area contributed by atoms with Gasteiger partial charge in [0.05, 0.1) is 17.9 Å². The van der Waals surface area contributed by atoms with Gasteiger partial charge in [0.2, 0.25) is 5.91 Å². The summed E-state index contributed by atoms with van der Waals surface area (Å²) in [7, 11) is 0. The Balaban J connectivity index is 1.66. The Hall–Kier alpha value is -3.26. The second kappa shape index (κ2) is 7.40. The highest BCUT2D eigenvalue weighted by Crippen LogP contribution is 2.30. The van der Waals surface area contributed by atoms with Crippen LogP contribution in [0.25, 0.3) is 21.3 Å². The molecule has 1 amide bonds. The molecule has 28 heavy (non-hydrogen) atoms. The van der Waals surface area contributed by atoms with Gasteiger partial charge in [-0.05, 0) is 19.4 Å². The lowest BCUT2D eigenvalue weighted by Crippen LogP contribution is -2.28. The Labute approximate surface area is 165 Å². The van der Waals surface area contributed by atoms with Crippen LogP contribution in [-0.4, -0.2) is 25.2 Å². The Kier molecular flexibility index (Phi) is 4.79. The number of benzene rings is 1. The number of fused-ring (bicyclic) bond motifs is 1. The predicted molar refractivity (Wildman–Crippen MR) is 111 cm³/mol. The van der Waals surface area contributed by atoms with Crippen LogP contribution >= 0.6 is 11.3 Å². The minimum absolute atomic E-state index is 0.111. The molecule has 0 spiro atoms. The number of thiophene rings is 1. The van der Waals surface area contributed by atoms with Crippen LogP contribution in [0.5, 0.6) is 0 Å².